The Bertz CT molecular complexity index is 1870. The molecule has 2 heterocycles. The van der Waals surface area contributed by atoms with Crippen LogP contribution in [-0.2, 0) is 72.9 Å². The molecule has 1 fully saturated rings. The van der Waals surface area contributed by atoms with Gasteiger partial charge in [-0.1, -0.05) is 63.6 Å². The third kappa shape index (κ3) is 28.0. The maximum absolute atomic E-state index is 13.2. The van der Waals surface area contributed by atoms with Gasteiger partial charge in [0.25, 0.3) is 11.8 Å². The molecule has 1 saturated heterocycles. The fourth-order valence-corrected chi connectivity index (χ4v) is 7.88. The molecule has 1 atom stereocenters. The standard InChI is InChI=1S/C55H85N3O17/c1-2-3-4-5-6-8-12-45-16-18-46(19-17-45)75-44-43-74-42-41-73-40-39-72-38-37-71-36-35-70-34-33-69-32-31-68-30-29-67-28-27-66-26-25-65-24-23-64-22-10-7-9-15-50(59)56-48-14-11-13-47-52(48)55(63)58(54(47)62)49-20-21-51(60)57-53(49)61/h11,13-14,16-19,49H,2-10,12,15,20-44H2,1H3,(H,56,59)(H,57,60,61). The number of unbranched alkanes of at least 4 members (excludes halogenated alkanes) is 7. The first-order valence-electron chi connectivity index (χ1n) is 27.1. The second-order valence-corrected chi connectivity index (χ2v) is 17.8. The Balaban J connectivity index is 0.781. The van der Waals surface area contributed by atoms with Crippen LogP contribution in [0.3, 0.4) is 0 Å². The number of amides is 5. The zero-order chi connectivity index (χ0) is 53.2. The van der Waals surface area contributed by atoms with Crippen LogP contribution < -0.4 is 15.4 Å². The molecule has 2 aromatic carbocycles. The Labute approximate surface area is 443 Å². The summed E-state index contributed by atoms with van der Waals surface area (Å²) >= 11 is 0. The van der Waals surface area contributed by atoms with Gasteiger partial charge in [-0.25, -0.2) is 0 Å². The van der Waals surface area contributed by atoms with Crippen LogP contribution in [0.5, 0.6) is 5.75 Å². The van der Waals surface area contributed by atoms with Gasteiger partial charge in [-0.05, 0) is 61.9 Å². The fraction of sp³-hybridized carbons (Fsp3) is 0.691. The van der Waals surface area contributed by atoms with Crippen LogP contribution in [0.15, 0.2) is 42.5 Å². The molecule has 2 aliphatic heterocycles. The van der Waals surface area contributed by atoms with Crippen molar-refractivity contribution in [2.75, 3.05) is 157 Å². The minimum atomic E-state index is -1.08. The van der Waals surface area contributed by atoms with Crippen LogP contribution in [-0.4, -0.2) is 192 Å². The summed E-state index contributed by atoms with van der Waals surface area (Å²) in [5.74, 6) is -1.85. The zero-order valence-electron chi connectivity index (χ0n) is 44.5. The molecule has 0 aromatic heterocycles. The van der Waals surface area contributed by atoms with Gasteiger partial charge in [0.2, 0.25) is 17.7 Å². The SMILES string of the molecule is CCCCCCCCc1ccc(OCCOCCOCCOCCOCCOCCOCCOCCOCCOCCOCCOCCCCCC(=O)Nc2cccc3c2C(=O)N(C2CCC(=O)NC2=O)C3=O)cc1. The summed E-state index contributed by atoms with van der Waals surface area (Å²) in [6.45, 7) is 13.3. The van der Waals surface area contributed by atoms with E-state index in [9.17, 15) is 24.0 Å². The minimum Gasteiger partial charge on any atom is -0.491 e. The van der Waals surface area contributed by atoms with Crippen LogP contribution in [0, 0.1) is 0 Å². The third-order valence-corrected chi connectivity index (χ3v) is 11.9. The number of nitrogens with one attached hydrogen (secondary N) is 2. The number of ether oxygens (including phenoxy) is 12. The first kappa shape index (κ1) is 63.1. The number of hydrogen-bond donors (Lipinski definition) is 2. The molecule has 0 spiro atoms. The second kappa shape index (κ2) is 41.7. The van der Waals surface area contributed by atoms with Crippen molar-refractivity contribution in [3.63, 3.8) is 0 Å². The fourth-order valence-electron chi connectivity index (χ4n) is 7.88. The van der Waals surface area contributed by atoms with E-state index >= 15 is 0 Å². The lowest BCUT2D eigenvalue weighted by atomic mass is 10.0. The van der Waals surface area contributed by atoms with E-state index in [0.29, 0.717) is 158 Å². The molecule has 4 rings (SSSR count). The Morgan fingerprint density at radius 1 is 0.520 bits per heavy atom. The minimum absolute atomic E-state index is 0.0261. The van der Waals surface area contributed by atoms with Crippen molar-refractivity contribution in [2.45, 2.75) is 96.4 Å². The summed E-state index contributed by atoms with van der Waals surface area (Å²) in [6, 6.07) is 11.9. The summed E-state index contributed by atoms with van der Waals surface area (Å²) in [6.07, 6.45) is 11.4. The zero-order valence-corrected chi connectivity index (χ0v) is 44.5. The smallest absolute Gasteiger partial charge is 0.264 e. The lowest BCUT2D eigenvalue weighted by Gasteiger charge is -2.27. The van der Waals surface area contributed by atoms with Crippen molar-refractivity contribution in [3.05, 3.63) is 59.2 Å². The van der Waals surface area contributed by atoms with E-state index in [4.69, 9.17) is 56.8 Å². The summed E-state index contributed by atoms with van der Waals surface area (Å²) in [7, 11) is 0. The van der Waals surface area contributed by atoms with Crippen LogP contribution in [0.2, 0.25) is 0 Å². The molecule has 2 N–H and O–H groups in total. The highest BCUT2D eigenvalue weighted by Crippen LogP contribution is 2.32. The van der Waals surface area contributed by atoms with Gasteiger partial charge >= 0.3 is 0 Å². The highest BCUT2D eigenvalue weighted by Gasteiger charge is 2.45. The van der Waals surface area contributed by atoms with Crippen molar-refractivity contribution in [3.8, 4) is 5.75 Å². The van der Waals surface area contributed by atoms with Crippen molar-refractivity contribution in [1.82, 2.24) is 10.2 Å². The van der Waals surface area contributed by atoms with Crippen LogP contribution in [0.25, 0.3) is 0 Å². The largest absolute Gasteiger partial charge is 0.491 e. The Morgan fingerprint density at radius 2 is 0.973 bits per heavy atom. The highest BCUT2D eigenvalue weighted by atomic mass is 16.6. The van der Waals surface area contributed by atoms with E-state index in [1.807, 2.05) is 12.1 Å². The number of anilines is 1. The number of hydrogen-bond acceptors (Lipinski definition) is 17. The lowest BCUT2D eigenvalue weighted by Crippen LogP contribution is -2.54. The molecule has 0 saturated carbocycles. The summed E-state index contributed by atoms with van der Waals surface area (Å²) in [5.41, 5.74) is 1.74. The maximum atomic E-state index is 13.2. The molecular formula is C55H85N3O17. The van der Waals surface area contributed by atoms with E-state index in [1.54, 1.807) is 12.1 Å². The first-order chi connectivity index (χ1) is 36.9. The van der Waals surface area contributed by atoms with Gasteiger partial charge < -0.3 is 62.2 Å². The van der Waals surface area contributed by atoms with Crippen molar-refractivity contribution in [2.24, 2.45) is 0 Å². The molecule has 422 valence electrons. The van der Waals surface area contributed by atoms with E-state index < -0.39 is 29.7 Å². The Morgan fingerprint density at radius 3 is 1.47 bits per heavy atom. The lowest BCUT2D eigenvalue weighted by molar-refractivity contribution is -0.136. The van der Waals surface area contributed by atoms with Gasteiger partial charge in [-0.2, -0.15) is 0 Å². The first-order valence-corrected chi connectivity index (χ1v) is 27.1. The number of aryl methyl sites for hydroxylation is 1. The molecule has 75 heavy (non-hydrogen) atoms. The van der Waals surface area contributed by atoms with E-state index in [0.717, 1.165) is 29.9 Å². The van der Waals surface area contributed by atoms with Gasteiger partial charge in [-0.15, -0.1) is 0 Å². The number of fused-ring (bicyclic) bond motifs is 1. The van der Waals surface area contributed by atoms with Crippen molar-refractivity contribution in [1.29, 1.82) is 0 Å². The maximum Gasteiger partial charge on any atom is 0.264 e. The predicted molar refractivity (Wildman–Crippen MR) is 278 cm³/mol. The number of carbonyl (C=O) groups is 5. The van der Waals surface area contributed by atoms with Crippen LogP contribution in [0.1, 0.15) is 110 Å². The van der Waals surface area contributed by atoms with Crippen molar-refractivity contribution >= 4 is 35.2 Å². The van der Waals surface area contributed by atoms with Gasteiger partial charge in [-0.3, -0.25) is 34.2 Å². The van der Waals surface area contributed by atoms with E-state index in [-0.39, 0.29) is 42.0 Å². The third-order valence-electron chi connectivity index (χ3n) is 11.9. The summed E-state index contributed by atoms with van der Waals surface area (Å²) in [4.78, 5) is 63.7. The molecule has 5 amide bonds. The quantitative estimate of drug-likeness (QED) is 0.0595. The molecule has 20 nitrogen and oxygen atoms in total. The second-order valence-electron chi connectivity index (χ2n) is 17.8. The molecule has 0 bridgehead atoms. The number of carbonyl (C=O) groups excluding carboxylic acids is 5. The topological polar surface area (TPSA) is 223 Å². The number of rotatable bonds is 49. The van der Waals surface area contributed by atoms with Crippen molar-refractivity contribution < 1.29 is 80.8 Å². The number of piperidine rings is 1. The molecule has 1 unspecified atom stereocenters. The highest BCUT2D eigenvalue weighted by molar-refractivity contribution is 6.26. The predicted octanol–water partition coefficient (Wildman–Crippen LogP) is 5.75. The normalized spacial score (nSPS) is 14.5. The Kier molecular flexibility index (Phi) is 35.1. The molecule has 2 aliphatic rings. The molecule has 20 heteroatoms. The van der Waals surface area contributed by atoms with E-state index in [1.165, 1.54) is 50.2 Å². The molecule has 0 radical (unpaired) electrons. The molecule has 0 aliphatic carbocycles. The number of benzene rings is 2. The summed E-state index contributed by atoms with van der Waals surface area (Å²) in [5, 5.41) is 4.91. The van der Waals surface area contributed by atoms with Gasteiger partial charge in [0.05, 0.1) is 156 Å². The average Bonchev–Trinajstić information content (AvgIpc) is 3.69. The number of imide groups is 2. The monoisotopic (exact) mass is 1060 g/mol. The average molecular weight is 1060 g/mol. The van der Waals surface area contributed by atoms with Gasteiger partial charge in [0, 0.05) is 19.4 Å². The Hall–Kier alpha value is -4.45. The summed E-state index contributed by atoms with van der Waals surface area (Å²) < 4.78 is 66.8. The number of nitrogens with zero attached hydrogens (tertiary/aromatic N) is 1. The molecular weight excluding hydrogens is 975 g/mol. The molecule has 2 aromatic rings. The van der Waals surface area contributed by atoms with Gasteiger partial charge in [0.15, 0.2) is 0 Å². The van der Waals surface area contributed by atoms with Crippen LogP contribution >= 0.6 is 0 Å². The van der Waals surface area contributed by atoms with Gasteiger partial charge in [0.1, 0.15) is 18.4 Å². The van der Waals surface area contributed by atoms with E-state index in [2.05, 4.69) is 29.7 Å². The van der Waals surface area contributed by atoms with Crippen LogP contribution in [0.4, 0.5) is 5.69 Å².